The zero-order valence-corrected chi connectivity index (χ0v) is 16.8. The molecule has 0 radical (unpaired) electrons. The fourth-order valence-electron chi connectivity index (χ4n) is 4.10. The molecule has 0 aromatic heterocycles. The van der Waals surface area contributed by atoms with E-state index in [9.17, 15) is 4.79 Å². The van der Waals surface area contributed by atoms with Crippen LogP contribution in [0.15, 0.2) is 0 Å². The van der Waals surface area contributed by atoms with Gasteiger partial charge < -0.3 is 0 Å². The number of hydrogen-bond donors (Lipinski definition) is 0. The molecule has 0 aromatic carbocycles. The molecule has 1 rings (SSSR count). The Kier molecular flexibility index (Phi) is 13.5. The first-order chi connectivity index (χ1) is 11.7. The third-order valence-corrected chi connectivity index (χ3v) is 6.00. The molecule has 1 nitrogen and oxygen atoms in total. The van der Waals surface area contributed by atoms with Crippen LogP contribution in [0.25, 0.3) is 0 Å². The van der Waals surface area contributed by atoms with Crippen LogP contribution >= 0.6 is 0 Å². The molecule has 0 aliphatic heterocycles. The van der Waals surface area contributed by atoms with Crippen molar-refractivity contribution in [2.75, 3.05) is 0 Å². The molecule has 0 spiro atoms. The molecule has 1 saturated carbocycles. The maximum Gasteiger partial charge on any atom is 0.135 e. The Morgan fingerprint density at radius 2 is 1.08 bits per heavy atom. The minimum Gasteiger partial charge on any atom is -0.299 e. The highest BCUT2D eigenvalue weighted by molar-refractivity contribution is 5.80. The molecule has 0 amide bonds. The van der Waals surface area contributed by atoms with Crippen molar-refractivity contribution in [2.24, 2.45) is 11.8 Å². The van der Waals surface area contributed by atoms with Gasteiger partial charge in [0.05, 0.1) is 0 Å². The zero-order valence-electron chi connectivity index (χ0n) is 16.8. The molecule has 0 N–H and O–H groups in total. The lowest BCUT2D eigenvalue weighted by Crippen LogP contribution is -2.20. The summed E-state index contributed by atoms with van der Waals surface area (Å²) in [6.45, 7) is 4.61. The highest BCUT2D eigenvalue weighted by Gasteiger charge is 2.23. The average molecular weight is 337 g/mol. The molecule has 1 heteroatoms. The van der Waals surface area contributed by atoms with E-state index < -0.39 is 0 Å². The number of carbonyl (C=O) groups is 1. The van der Waals surface area contributed by atoms with Gasteiger partial charge in [0.1, 0.15) is 5.78 Å². The molecule has 0 aromatic rings. The second-order valence-corrected chi connectivity index (χ2v) is 8.42. The van der Waals surface area contributed by atoms with Crippen LogP contribution in [0.5, 0.6) is 0 Å². The van der Waals surface area contributed by atoms with Crippen LogP contribution in [-0.4, -0.2) is 5.78 Å². The fourth-order valence-corrected chi connectivity index (χ4v) is 4.10. The van der Waals surface area contributed by atoms with E-state index in [0.717, 1.165) is 18.8 Å². The smallest absolute Gasteiger partial charge is 0.135 e. The lowest BCUT2D eigenvalue weighted by atomic mass is 9.80. The Balaban J connectivity index is 1.79. The minimum absolute atomic E-state index is 0.415. The van der Waals surface area contributed by atoms with Crippen LogP contribution in [0.1, 0.15) is 129 Å². The first-order valence-electron chi connectivity index (χ1n) is 11.3. The molecule has 0 unspecified atom stereocenters. The van der Waals surface area contributed by atoms with Crippen molar-refractivity contribution in [3.8, 4) is 0 Å². The Bertz CT molecular complexity index is 288. The quantitative estimate of drug-likeness (QED) is 0.278. The van der Waals surface area contributed by atoms with Crippen molar-refractivity contribution in [1.29, 1.82) is 0 Å². The van der Waals surface area contributed by atoms with E-state index in [1.807, 2.05) is 0 Å². The summed E-state index contributed by atoms with van der Waals surface area (Å²) in [5.41, 5.74) is 0. The van der Waals surface area contributed by atoms with Crippen LogP contribution in [-0.2, 0) is 4.79 Å². The summed E-state index contributed by atoms with van der Waals surface area (Å²) in [6.07, 6.45) is 23.7. The summed E-state index contributed by atoms with van der Waals surface area (Å²) < 4.78 is 0. The van der Waals surface area contributed by atoms with Gasteiger partial charge in [0.25, 0.3) is 0 Å². The molecule has 0 heterocycles. The third-order valence-electron chi connectivity index (χ3n) is 6.00. The Morgan fingerprint density at radius 3 is 1.54 bits per heavy atom. The second kappa shape index (κ2) is 15.0. The monoisotopic (exact) mass is 336 g/mol. The number of ketones is 1. The van der Waals surface area contributed by atoms with Gasteiger partial charge in [-0.05, 0) is 25.2 Å². The number of unbranched alkanes of at least 4 members (excludes halogenated alkanes) is 12. The van der Waals surface area contributed by atoms with Gasteiger partial charge >= 0.3 is 0 Å². The van der Waals surface area contributed by atoms with Gasteiger partial charge in [-0.15, -0.1) is 0 Å². The van der Waals surface area contributed by atoms with Gasteiger partial charge in [-0.3, -0.25) is 4.79 Å². The normalized spacial score (nSPS) is 21.1. The van der Waals surface area contributed by atoms with E-state index in [2.05, 4.69) is 13.8 Å². The highest BCUT2D eigenvalue weighted by atomic mass is 16.1. The first-order valence-corrected chi connectivity index (χ1v) is 11.3. The molecule has 24 heavy (non-hydrogen) atoms. The van der Waals surface area contributed by atoms with E-state index in [0.29, 0.717) is 11.7 Å². The van der Waals surface area contributed by atoms with Crippen LogP contribution < -0.4 is 0 Å². The SMILES string of the molecule is CCCCCCCCCCCCCCCC(=O)C1CCC(C)CC1. The second-order valence-electron chi connectivity index (χ2n) is 8.42. The molecule has 0 bridgehead atoms. The van der Waals surface area contributed by atoms with Gasteiger partial charge in [0.2, 0.25) is 0 Å². The average Bonchev–Trinajstić information content (AvgIpc) is 2.59. The topological polar surface area (TPSA) is 17.1 Å². The summed E-state index contributed by atoms with van der Waals surface area (Å²) in [6, 6.07) is 0. The van der Waals surface area contributed by atoms with Crippen molar-refractivity contribution in [1.82, 2.24) is 0 Å². The van der Waals surface area contributed by atoms with E-state index >= 15 is 0 Å². The number of rotatable bonds is 15. The maximum atomic E-state index is 12.2. The third kappa shape index (κ3) is 11.3. The van der Waals surface area contributed by atoms with E-state index in [1.54, 1.807) is 0 Å². The lowest BCUT2D eigenvalue weighted by molar-refractivity contribution is -0.124. The molecule has 1 aliphatic carbocycles. The van der Waals surface area contributed by atoms with Crippen molar-refractivity contribution < 1.29 is 4.79 Å². The van der Waals surface area contributed by atoms with Crippen molar-refractivity contribution in [3.63, 3.8) is 0 Å². The largest absolute Gasteiger partial charge is 0.299 e. The summed E-state index contributed by atoms with van der Waals surface area (Å²) in [7, 11) is 0. The lowest BCUT2D eigenvalue weighted by Gasteiger charge is -2.25. The van der Waals surface area contributed by atoms with Gasteiger partial charge in [0, 0.05) is 12.3 Å². The Morgan fingerprint density at radius 1 is 0.667 bits per heavy atom. The summed E-state index contributed by atoms with van der Waals surface area (Å²) in [5, 5.41) is 0. The number of Topliss-reactive ketones (excluding diaryl/α,β-unsaturated/α-hetero) is 1. The fraction of sp³-hybridized carbons (Fsp3) is 0.957. The van der Waals surface area contributed by atoms with Crippen molar-refractivity contribution >= 4 is 5.78 Å². The standard InChI is InChI=1S/C23H44O/c1-3-4-5-6-7-8-9-10-11-12-13-14-15-16-23(24)22-19-17-21(2)18-20-22/h21-22H,3-20H2,1-2H3. The number of carbonyl (C=O) groups excluding carboxylic acids is 1. The van der Waals surface area contributed by atoms with Gasteiger partial charge in [-0.2, -0.15) is 0 Å². The van der Waals surface area contributed by atoms with Crippen LogP contribution in [0.2, 0.25) is 0 Å². The van der Waals surface area contributed by atoms with Crippen molar-refractivity contribution in [3.05, 3.63) is 0 Å². The molecule has 1 fully saturated rings. The van der Waals surface area contributed by atoms with Crippen LogP contribution in [0.4, 0.5) is 0 Å². The van der Waals surface area contributed by atoms with E-state index in [4.69, 9.17) is 0 Å². The highest BCUT2D eigenvalue weighted by Crippen LogP contribution is 2.30. The predicted molar refractivity (Wildman–Crippen MR) is 106 cm³/mol. The maximum absolute atomic E-state index is 12.2. The molecular weight excluding hydrogens is 292 g/mol. The molecule has 1 aliphatic rings. The van der Waals surface area contributed by atoms with Gasteiger partial charge in [-0.25, -0.2) is 0 Å². The molecule has 142 valence electrons. The Hall–Kier alpha value is -0.330. The van der Waals surface area contributed by atoms with Crippen molar-refractivity contribution in [2.45, 2.75) is 129 Å². The molecule has 0 atom stereocenters. The summed E-state index contributed by atoms with van der Waals surface area (Å²) in [4.78, 5) is 12.2. The Labute approximate surface area is 152 Å². The molecule has 0 saturated heterocycles. The summed E-state index contributed by atoms with van der Waals surface area (Å²) >= 11 is 0. The molecular formula is C23H44O. The van der Waals surface area contributed by atoms with Gasteiger partial charge in [-0.1, -0.05) is 104 Å². The zero-order chi connectivity index (χ0) is 17.5. The summed E-state index contributed by atoms with van der Waals surface area (Å²) in [5.74, 6) is 1.84. The van der Waals surface area contributed by atoms with Gasteiger partial charge in [0.15, 0.2) is 0 Å². The minimum atomic E-state index is 0.415. The number of hydrogen-bond acceptors (Lipinski definition) is 1. The van der Waals surface area contributed by atoms with Crippen LogP contribution in [0, 0.1) is 11.8 Å². The first kappa shape index (κ1) is 21.7. The predicted octanol–water partition coefficient (Wildman–Crippen LogP) is 7.86. The van der Waals surface area contributed by atoms with E-state index in [1.165, 1.54) is 103 Å². The van der Waals surface area contributed by atoms with E-state index in [-0.39, 0.29) is 0 Å². The van der Waals surface area contributed by atoms with Crippen LogP contribution in [0.3, 0.4) is 0 Å².